The monoisotopic (exact) mass is 367 g/mol. The lowest BCUT2D eigenvalue weighted by Gasteiger charge is -2.03. The Morgan fingerprint density at radius 2 is 1.76 bits per heavy atom. The van der Waals surface area contributed by atoms with Crippen molar-refractivity contribution < 1.29 is 0 Å². The van der Waals surface area contributed by atoms with Gasteiger partial charge in [-0.2, -0.15) is 10.1 Å². The van der Waals surface area contributed by atoms with E-state index in [0.717, 1.165) is 38.9 Å². The van der Waals surface area contributed by atoms with E-state index in [9.17, 15) is 0 Å². The number of aryl methyl sites for hydroxylation is 1. The van der Waals surface area contributed by atoms with E-state index in [-0.39, 0.29) is 0 Å². The fourth-order valence-corrected chi connectivity index (χ4v) is 3.33. The molecule has 0 saturated heterocycles. The molecule has 25 heavy (non-hydrogen) atoms. The predicted molar refractivity (Wildman–Crippen MR) is 100 cm³/mol. The molecule has 0 saturated carbocycles. The highest BCUT2D eigenvalue weighted by atomic mass is 35.5. The van der Waals surface area contributed by atoms with E-state index in [0.29, 0.717) is 5.16 Å². The fraction of sp³-hybridized carbons (Fsp3) is 0.111. The van der Waals surface area contributed by atoms with Crippen molar-refractivity contribution in [1.29, 1.82) is 0 Å². The Morgan fingerprint density at radius 3 is 2.52 bits per heavy atom. The van der Waals surface area contributed by atoms with Gasteiger partial charge in [0.2, 0.25) is 5.16 Å². The fourth-order valence-electron chi connectivity index (χ4n) is 2.47. The van der Waals surface area contributed by atoms with Crippen LogP contribution in [0.1, 0.15) is 11.3 Å². The van der Waals surface area contributed by atoms with Gasteiger partial charge in [0.1, 0.15) is 0 Å². The molecular weight excluding hydrogens is 354 g/mol. The molecule has 4 rings (SSSR count). The standard InChI is InChI=1S/C18H14ClN5S/c1-12-16-17(24(23-12)15-5-3-2-4-6-15)20-18(22-21-16)25-11-13-7-9-14(19)10-8-13/h2-10H,11H2,1H3. The van der Waals surface area contributed by atoms with Crippen LogP contribution in [0.15, 0.2) is 59.8 Å². The molecule has 2 aromatic carbocycles. The van der Waals surface area contributed by atoms with Gasteiger partial charge in [-0.15, -0.1) is 10.2 Å². The number of fused-ring (bicyclic) bond motifs is 1. The second-order valence-corrected chi connectivity index (χ2v) is 6.89. The van der Waals surface area contributed by atoms with Crippen molar-refractivity contribution in [3.05, 3.63) is 70.9 Å². The number of hydrogen-bond acceptors (Lipinski definition) is 5. The van der Waals surface area contributed by atoms with Crippen LogP contribution in [0.25, 0.3) is 16.9 Å². The van der Waals surface area contributed by atoms with Gasteiger partial charge in [0.25, 0.3) is 0 Å². The summed E-state index contributed by atoms with van der Waals surface area (Å²) >= 11 is 7.46. The third kappa shape index (κ3) is 3.36. The summed E-state index contributed by atoms with van der Waals surface area (Å²) in [5.41, 5.74) is 4.37. The maximum atomic E-state index is 5.92. The van der Waals surface area contributed by atoms with Crippen LogP contribution < -0.4 is 0 Å². The van der Waals surface area contributed by atoms with E-state index in [1.165, 1.54) is 11.8 Å². The van der Waals surface area contributed by atoms with Crippen molar-refractivity contribution in [2.24, 2.45) is 0 Å². The first kappa shape index (κ1) is 16.1. The van der Waals surface area contributed by atoms with Gasteiger partial charge in [-0.3, -0.25) is 0 Å². The van der Waals surface area contributed by atoms with Crippen LogP contribution in [0.4, 0.5) is 0 Å². The largest absolute Gasteiger partial charge is 0.213 e. The van der Waals surface area contributed by atoms with Crippen LogP contribution in [0, 0.1) is 6.92 Å². The third-order valence-electron chi connectivity index (χ3n) is 3.72. The highest BCUT2D eigenvalue weighted by Gasteiger charge is 2.14. The van der Waals surface area contributed by atoms with E-state index in [1.807, 2.05) is 66.2 Å². The molecule has 0 amide bonds. The number of benzene rings is 2. The maximum Gasteiger partial charge on any atom is 0.211 e. The highest BCUT2D eigenvalue weighted by molar-refractivity contribution is 7.98. The Hall–Kier alpha value is -2.44. The zero-order valence-corrected chi connectivity index (χ0v) is 15.0. The second-order valence-electron chi connectivity index (χ2n) is 5.51. The Bertz CT molecular complexity index is 1020. The lowest BCUT2D eigenvalue weighted by molar-refractivity contribution is 0.840. The first-order valence-electron chi connectivity index (χ1n) is 7.73. The number of aromatic nitrogens is 5. The summed E-state index contributed by atoms with van der Waals surface area (Å²) in [5.74, 6) is 0.753. The highest BCUT2D eigenvalue weighted by Crippen LogP contribution is 2.23. The van der Waals surface area contributed by atoms with E-state index in [1.54, 1.807) is 0 Å². The van der Waals surface area contributed by atoms with Gasteiger partial charge < -0.3 is 0 Å². The molecule has 0 aliphatic rings. The summed E-state index contributed by atoms with van der Waals surface area (Å²) in [6, 6.07) is 17.7. The van der Waals surface area contributed by atoms with E-state index >= 15 is 0 Å². The minimum atomic E-state index is 0.625. The van der Waals surface area contributed by atoms with Gasteiger partial charge in [0.05, 0.1) is 11.4 Å². The van der Waals surface area contributed by atoms with Crippen LogP contribution >= 0.6 is 23.4 Å². The zero-order valence-electron chi connectivity index (χ0n) is 13.4. The molecule has 0 radical (unpaired) electrons. The predicted octanol–water partition coefficient (Wildman–Crippen LogP) is 4.46. The first-order chi connectivity index (χ1) is 12.2. The Kier molecular flexibility index (Phi) is 4.38. The number of para-hydroxylation sites is 1. The molecular formula is C18H14ClN5S. The van der Waals surface area contributed by atoms with E-state index in [4.69, 9.17) is 11.6 Å². The van der Waals surface area contributed by atoms with Crippen molar-refractivity contribution in [2.45, 2.75) is 17.8 Å². The Balaban J connectivity index is 1.66. The smallest absolute Gasteiger partial charge is 0.211 e. The minimum absolute atomic E-state index is 0.625. The van der Waals surface area contributed by atoms with Crippen molar-refractivity contribution in [3.8, 4) is 5.69 Å². The molecule has 0 atom stereocenters. The zero-order chi connectivity index (χ0) is 17.2. The number of nitrogens with zero attached hydrogens (tertiary/aromatic N) is 5. The molecule has 0 fully saturated rings. The van der Waals surface area contributed by atoms with Crippen molar-refractivity contribution in [1.82, 2.24) is 25.0 Å². The molecule has 5 nitrogen and oxygen atoms in total. The van der Waals surface area contributed by atoms with Crippen molar-refractivity contribution in [2.75, 3.05) is 0 Å². The molecule has 0 N–H and O–H groups in total. The van der Waals surface area contributed by atoms with Crippen LogP contribution in [-0.4, -0.2) is 25.0 Å². The van der Waals surface area contributed by atoms with Crippen LogP contribution in [-0.2, 0) is 5.75 Å². The van der Waals surface area contributed by atoms with Crippen molar-refractivity contribution >= 4 is 34.5 Å². The summed E-state index contributed by atoms with van der Waals surface area (Å²) in [7, 11) is 0. The minimum Gasteiger partial charge on any atom is -0.213 e. The topological polar surface area (TPSA) is 56.5 Å². The summed E-state index contributed by atoms with van der Waals surface area (Å²) in [5, 5.41) is 14.5. The lowest BCUT2D eigenvalue weighted by atomic mass is 10.2. The molecule has 0 aliphatic carbocycles. The van der Waals surface area contributed by atoms with Crippen LogP contribution in [0.3, 0.4) is 0 Å². The third-order valence-corrected chi connectivity index (χ3v) is 4.88. The normalized spacial score (nSPS) is 11.1. The van der Waals surface area contributed by atoms with Gasteiger partial charge in [-0.05, 0) is 36.8 Å². The number of hydrogen-bond donors (Lipinski definition) is 0. The van der Waals surface area contributed by atoms with E-state index in [2.05, 4.69) is 20.3 Å². The first-order valence-corrected chi connectivity index (χ1v) is 9.10. The molecule has 0 spiro atoms. The maximum absolute atomic E-state index is 5.92. The summed E-state index contributed by atoms with van der Waals surface area (Å²) < 4.78 is 1.81. The summed E-state index contributed by atoms with van der Waals surface area (Å²) in [6.07, 6.45) is 0. The molecule has 7 heteroatoms. The van der Waals surface area contributed by atoms with Gasteiger partial charge in [-0.25, -0.2) is 4.68 Å². The molecule has 0 bridgehead atoms. The van der Waals surface area contributed by atoms with E-state index < -0.39 is 0 Å². The number of rotatable bonds is 4. The van der Waals surface area contributed by atoms with Gasteiger partial charge in [-0.1, -0.05) is 53.7 Å². The van der Waals surface area contributed by atoms with Gasteiger partial charge >= 0.3 is 0 Å². The molecule has 2 aromatic heterocycles. The molecule has 2 heterocycles. The second kappa shape index (κ2) is 6.82. The quantitative estimate of drug-likeness (QED) is 0.498. The van der Waals surface area contributed by atoms with Gasteiger partial charge in [0.15, 0.2) is 11.2 Å². The molecule has 0 unspecified atom stereocenters. The SMILES string of the molecule is Cc1nn(-c2ccccc2)c2nc(SCc3ccc(Cl)cc3)nnc12. The van der Waals surface area contributed by atoms with Crippen LogP contribution in [0.5, 0.6) is 0 Å². The molecule has 0 aliphatic heterocycles. The summed E-state index contributed by atoms with van der Waals surface area (Å²) in [6.45, 7) is 1.92. The lowest BCUT2D eigenvalue weighted by Crippen LogP contribution is -1.99. The Morgan fingerprint density at radius 1 is 1.00 bits per heavy atom. The van der Waals surface area contributed by atoms with Crippen LogP contribution in [0.2, 0.25) is 5.02 Å². The van der Waals surface area contributed by atoms with Gasteiger partial charge in [0, 0.05) is 10.8 Å². The Labute approximate surface area is 154 Å². The van der Waals surface area contributed by atoms with Crippen molar-refractivity contribution in [3.63, 3.8) is 0 Å². The molecule has 124 valence electrons. The summed E-state index contributed by atoms with van der Waals surface area (Å²) in [4.78, 5) is 4.67. The number of halogens is 1. The average molecular weight is 368 g/mol. The number of thioether (sulfide) groups is 1. The average Bonchev–Trinajstić information content (AvgIpc) is 2.98. The molecule has 4 aromatic rings.